The molecule has 2 aromatic carbocycles. The molecule has 0 saturated carbocycles. The molecule has 3 N–H and O–H groups in total. The van der Waals surface area contributed by atoms with E-state index in [0.29, 0.717) is 5.75 Å². The Bertz CT molecular complexity index is 810. The Morgan fingerprint density at radius 1 is 1.24 bits per heavy atom. The molecule has 0 atom stereocenters. The summed E-state index contributed by atoms with van der Waals surface area (Å²) >= 11 is 0. The highest BCUT2D eigenvalue weighted by atomic mass is 32.2. The van der Waals surface area contributed by atoms with Gasteiger partial charge in [-0.1, -0.05) is 12.1 Å². The number of nitrogens with zero attached hydrogens (tertiary/aromatic N) is 1. The van der Waals surface area contributed by atoms with Gasteiger partial charge in [0.15, 0.2) is 0 Å². The fourth-order valence-corrected chi connectivity index (χ4v) is 3.00. The van der Waals surface area contributed by atoms with E-state index in [9.17, 15) is 8.42 Å². The highest BCUT2D eigenvalue weighted by molar-refractivity contribution is 7.92. The summed E-state index contributed by atoms with van der Waals surface area (Å²) in [4.78, 5) is -0.0947. The van der Waals surface area contributed by atoms with Gasteiger partial charge in [-0.25, -0.2) is 8.42 Å². The quantitative estimate of drug-likeness (QED) is 0.840. The predicted molar refractivity (Wildman–Crippen MR) is 79.4 cm³/mol. The maximum absolute atomic E-state index is 12.3. The summed E-state index contributed by atoms with van der Waals surface area (Å²) in [5, 5.41) is 8.99. The van der Waals surface area contributed by atoms with Crippen molar-refractivity contribution in [2.24, 2.45) is 0 Å². The van der Waals surface area contributed by atoms with E-state index >= 15 is 0 Å². The standard InChI is InChI=1S/C14H13N3O3S/c1-20-11-6-7-13(12(16)8-11)17-21(18,19)14-5-3-2-4-10(14)9-15/h2-8,17H,16H2,1H3. The molecule has 0 aliphatic carbocycles. The van der Waals surface area contributed by atoms with Crippen molar-refractivity contribution in [3.8, 4) is 11.8 Å². The number of methoxy groups -OCH3 is 1. The topological polar surface area (TPSA) is 105 Å². The second-order valence-electron chi connectivity index (χ2n) is 4.17. The lowest BCUT2D eigenvalue weighted by Gasteiger charge is -2.12. The first kappa shape index (κ1) is 14.7. The monoisotopic (exact) mass is 303 g/mol. The Hall–Kier alpha value is -2.72. The van der Waals surface area contributed by atoms with E-state index in [4.69, 9.17) is 15.7 Å². The molecule has 0 fully saturated rings. The first-order chi connectivity index (χ1) is 9.97. The number of sulfonamides is 1. The van der Waals surface area contributed by atoms with E-state index in [1.54, 1.807) is 18.2 Å². The Morgan fingerprint density at radius 3 is 2.57 bits per heavy atom. The van der Waals surface area contributed by atoms with Gasteiger partial charge in [0.2, 0.25) is 0 Å². The summed E-state index contributed by atoms with van der Waals surface area (Å²) in [6, 6.07) is 12.4. The van der Waals surface area contributed by atoms with Crippen LogP contribution in [0, 0.1) is 11.3 Å². The number of hydrogen-bond acceptors (Lipinski definition) is 5. The third-order valence-corrected chi connectivity index (χ3v) is 4.22. The maximum atomic E-state index is 12.3. The Labute approximate surface area is 122 Å². The average molecular weight is 303 g/mol. The lowest BCUT2D eigenvalue weighted by molar-refractivity contribution is 0.415. The second-order valence-corrected chi connectivity index (χ2v) is 5.82. The Balaban J connectivity index is 2.41. The zero-order valence-electron chi connectivity index (χ0n) is 11.2. The molecule has 0 aliphatic heterocycles. The van der Waals surface area contributed by atoms with E-state index in [-0.39, 0.29) is 21.8 Å². The zero-order valence-corrected chi connectivity index (χ0v) is 12.0. The smallest absolute Gasteiger partial charge is 0.263 e. The van der Waals surface area contributed by atoms with Crippen molar-refractivity contribution < 1.29 is 13.2 Å². The molecule has 0 heterocycles. The molecular formula is C14H13N3O3S. The van der Waals surface area contributed by atoms with Gasteiger partial charge in [0.25, 0.3) is 10.0 Å². The molecule has 2 rings (SSSR count). The van der Waals surface area contributed by atoms with Crippen LogP contribution in [0.3, 0.4) is 0 Å². The van der Waals surface area contributed by atoms with Crippen molar-refractivity contribution >= 4 is 21.4 Å². The van der Waals surface area contributed by atoms with Crippen LogP contribution in [0.5, 0.6) is 5.75 Å². The van der Waals surface area contributed by atoms with Gasteiger partial charge in [0.05, 0.1) is 24.0 Å². The van der Waals surface area contributed by atoms with Crippen LogP contribution in [-0.2, 0) is 10.0 Å². The van der Waals surface area contributed by atoms with E-state index in [0.717, 1.165) is 0 Å². The van der Waals surface area contributed by atoms with Crippen LogP contribution in [0.1, 0.15) is 5.56 Å². The third-order valence-electron chi connectivity index (χ3n) is 2.80. The van der Waals surface area contributed by atoms with E-state index in [1.165, 1.54) is 31.4 Å². The van der Waals surface area contributed by atoms with Crippen LogP contribution in [0.2, 0.25) is 0 Å². The number of benzene rings is 2. The Morgan fingerprint density at radius 2 is 1.95 bits per heavy atom. The average Bonchev–Trinajstić information content (AvgIpc) is 2.49. The van der Waals surface area contributed by atoms with E-state index < -0.39 is 10.0 Å². The van der Waals surface area contributed by atoms with Crippen LogP contribution in [-0.4, -0.2) is 15.5 Å². The molecule has 0 bridgehead atoms. The number of nitrogen functional groups attached to an aromatic ring is 1. The number of nitrogens with two attached hydrogens (primary N) is 1. The number of anilines is 2. The lowest BCUT2D eigenvalue weighted by atomic mass is 10.2. The van der Waals surface area contributed by atoms with Crippen LogP contribution < -0.4 is 15.2 Å². The second kappa shape index (κ2) is 5.73. The lowest BCUT2D eigenvalue weighted by Crippen LogP contribution is -2.15. The first-order valence-corrected chi connectivity index (χ1v) is 7.41. The maximum Gasteiger partial charge on any atom is 0.263 e. The summed E-state index contributed by atoms with van der Waals surface area (Å²) in [5.41, 5.74) is 6.30. The SMILES string of the molecule is COc1ccc(NS(=O)(=O)c2ccccc2C#N)c(N)c1. The molecule has 0 amide bonds. The normalized spacial score (nSPS) is 10.7. The molecule has 0 unspecified atom stereocenters. The van der Waals surface area contributed by atoms with Gasteiger partial charge in [-0.15, -0.1) is 0 Å². The Kier molecular flexibility index (Phi) is 4.00. The molecule has 0 saturated heterocycles. The molecule has 21 heavy (non-hydrogen) atoms. The van der Waals surface area contributed by atoms with Crippen molar-refractivity contribution in [3.05, 3.63) is 48.0 Å². The molecular weight excluding hydrogens is 290 g/mol. The van der Waals surface area contributed by atoms with E-state index in [2.05, 4.69) is 4.72 Å². The van der Waals surface area contributed by atoms with Crippen molar-refractivity contribution in [2.75, 3.05) is 17.6 Å². The predicted octanol–water partition coefficient (Wildman–Crippen LogP) is 1.95. The first-order valence-electron chi connectivity index (χ1n) is 5.93. The molecule has 7 heteroatoms. The summed E-state index contributed by atoms with van der Waals surface area (Å²) < 4.78 is 32.0. The molecule has 2 aromatic rings. The zero-order chi connectivity index (χ0) is 15.5. The molecule has 0 spiro atoms. The molecule has 6 nitrogen and oxygen atoms in total. The van der Waals surface area contributed by atoms with Crippen molar-refractivity contribution in [2.45, 2.75) is 4.90 Å². The van der Waals surface area contributed by atoms with Crippen LogP contribution in [0.25, 0.3) is 0 Å². The summed E-state index contributed by atoms with van der Waals surface area (Å²) in [6.07, 6.45) is 0. The van der Waals surface area contributed by atoms with Gasteiger partial charge in [-0.3, -0.25) is 4.72 Å². The summed E-state index contributed by atoms with van der Waals surface area (Å²) in [7, 11) is -2.40. The van der Waals surface area contributed by atoms with Crippen molar-refractivity contribution in [1.29, 1.82) is 5.26 Å². The number of hydrogen-bond donors (Lipinski definition) is 2. The van der Waals surface area contributed by atoms with Crippen molar-refractivity contribution in [3.63, 3.8) is 0 Å². The van der Waals surface area contributed by atoms with Gasteiger partial charge >= 0.3 is 0 Å². The summed E-state index contributed by atoms with van der Waals surface area (Å²) in [6.45, 7) is 0. The molecule has 0 aromatic heterocycles. The van der Waals surface area contributed by atoms with Crippen LogP contribution in [0.4, 0.5) is 11.4 Å². The van der Waals surface area contributed by atoms with Crippen LogP contribution in [0.15, 0.2) is 47.4 Å². The fraction of sp³-hybridized carbons (Fsp3) is 0.0714. The van der Waals surface area contributed by atoms with Crippen LogP contribution >= 0.6 is 0 Å². The minimum atomic E-state index is -3.89. The van der Waals surface area contributed by atoms with Gasteiger partial charge in [0, 0.05) is 6.07 Å². The molecule has 0 radical (unpaired) electrons. The van der Waals surface area contributed by atoms with E-state index in [1.807, 2.05) is 6.07 Å². The fourth-order valence-electron chi connectivity index (χ4n) is 1.75. The van der Waals surface area contributed by atoms with Crippen molar-refractivity contribution in [1.82, 2.24) is 0 Å². The number of nitriles is 1. The highest BCUT2D eigenvalue weighted by Crippen LogP contribution is 2.27. The van der Waals surface area contributed by atoms with Gasteiger partial charge in [-0.2, -0.15) is 5.26 Å². The number of ether oxygens (including phenoxy) is 1. The number of rotatable bonds is 4. The van der Waals surface area contributed by atoms with Gasteiger partial charge in [-0.05, 0) is 24.3 Å². The minimum absolute atomic E-state index is 0.0667. The number of nitrogens with one attached hydrogen (secondary N) is 1. The highest BCUT2D eigenvalue weighted by Gasteiger charge is 2.19. The molecule has 0 aliphatic rings. The summed E-state index contributed by atoms with van der Waals surface area (Å²) in [5.74, 6) is 0.521. The largest absolute Gasteiger partial charge is 0.497 e. The third kappa shape index (κ3) is 3.07. The van der Waals surface area contributed by atoms with Gasteiger partial charge < -0.3 is 10.5 Å². The molecule has 108 valence electrons. The van der Waals surface area contributed by atoms with Gasteiger partial charge in [0.1, 0.15) is 16.7 Å². The minimum Gasteiger partial charge on any atom is -0.497 e.